The molecule has 0 atom stereocenters. The number of benzene rings is 1. The average molecular weight is 328 g/mol. The first-order chi connectivity index (χ1) is 11.6. The summed E-state index contributed by atoms with van der Waals surface area (Å²) in [4.78, 5) is 14.5. The highest BCUT2D eigenvalue weighted by molar-refractivity contribution is 5.92. The molecule has 1 aromatic carbocycles. The molecule has 6 heteroatoms. The molecule has 2 aromatic rings. The number of piperidine rings is 1. The van der Waals surface area contributed by atoms with E-state index in [0.717, 1.165) is 37.3 Å². The molecular weight excluding hydrogens is 304 g/mol. The molecular formula is C18H24N4O2. The van der Waals surface area contributed by atoms with Crippen LogP contribution in [0.2, 0.25) is 0 Å². The molecule has 0 spiro atoms. The van der Waals surface area contributed by atoms with Gasteiger partial charge in [-0.3, -0.25) is 10.0 Å². The number of likely N-dealkylation sites (tertiary alicyclic amines) is 1. The Morgan fingerprint density at radius 1 is 1.25 bits per heavy atom. The van der Waals surface area contributed by atoms with Crippen molar-refractivity contribution < 1.29 is 10.0 Å². The molecule has 0 aliphatic carbocycles. The summed E-state index contributed by atoms with van der Waals surface area (Å²) in [5.41, 5.74) is 3.80. The number of nitrogens with zero attached hydrogens (tertiary/aromatic N) is 3. The van der Waals surface area contributed by atoms with Crippen molar-refractivity contribution in [3.8, 4) is 5.69 Å². The van der Waals surface area contributed by atoms with Crippen molar-refractivity contribution in [2.24, 2.45) is 0 Å². The standard InChI is InChI=1S/C18H24N4O2/c1-13(2)21-10-8-14(9-11-21)16-12-17(18(23)20-24)22(19-16)15-6-4-3-5-7-15/h3-7,12-14,24H,8-11H2,1-2H3,(H,20,23). The Hall–Kier alpha value is -2.18. The molecule has 128 valence electrons. The third-order valence-electron chi connectivity index (χ3n) is 4.74. The predicted octanol–water partition coefficient (Wildman–Crippen LogP) is 2.58. The number of amides is 1. The summed E-state index contributed by atoms with van der Waals surface area (Å²) < 4.78 is 1.61. The molecule has 1 amide bonds. The second kappa shape index (κ2) is 7.15. The van der Waals surface area contributed by atoms with Crippen LogP contribution in [0.15, 0.2) is 36.4 Å². The minimum Gasteiger partial charge on any atom is -0.301 e. The van der Waals surface area contributed by atoms with Crippen LogP contribution in [-0.2, 0) is 0 Å². The fourth-order valence-corrected chi connectivity index (χ4v) is 3.30. The Kier molecular flexibility index (Phi) is 4.97. The van der Waals surface area contributed by atoms with Crippen molar-refractivity contribution in [2.75, 3.05) is 13.1 Å². The SMILES string of the molecule is CC(C)N1CCC(c2cc(C(=O)NO)n(-c3ccccc3)n2)CC1. The maximum absolute atomic E-state index is 12.0. The van der Waals surface area contributed by atoms with Gasteiger partial charge in [-0.2, -0.15) is 5.10 Å². The molecule has 1 aliphatic rings. The molecule has 2 heterocycles. The number of nitrogens with one attached hydrogen (secondary N) is 1. The van der Waals surface area contributed by atoms with Gasteiger partial charge in [0.15, 0.2) is 0 Å². The summed E-state index contributed by atoms with van der Waals surface area (Å²) in [6.45, 7) is 6.52. The van der Waals surface area contributed by atoms with Crippen LogP contribution in [0.5, 0.6) is 0 Å². The zero-order valence-corrected chi connectivity index (χ0v) is 14.1. The van der Waals surface area contributed by atoms with Crippen molar-refractivity contribution in [2.45, 2.75) is 38.6 Å². The summed E-state index contributed by atoms with van der Waals surface area (Å²) in [6.07, 6.45) is 2.06. The van der Waals surface area contributed by atoms with Gasteiger partial charge in [0.2, 0.25) is 0 Å². The molecule has 0 saturated carbocycles. The van der Waals surface area contributed by atoms with Gasteiger partial charge in [-0.05, 0) is 58.0 Å². The van der Waals surface area contributed by atoms with Crippen LogP contribution in [-0.4, -0.2) is 44.9 Å². The van der Waals surface area contributed by atoms with Crippen molar-refractivity contribution >= 4 is 5.91 Å². The smallest absolute Gasteiger partial charge is 0.293 e. The van der Waals surface area contributed by atoms with Crippen molar-refractivity contribution in [3.63, 3.8) is 0 Å². The lowest BCUT2D eigenvalue weighted by Crippen LogP contribution is -2.37. The predicted molar refractivity (Wildman–Crippen MR) is 91.5 cm³/mol. The number of hydrogen-bond donors (Lipinski definition) is 2. The molecule has 0 bridgehead atoms. The Morgan fingerprint density at radius 3 is 2.50 bits per heavy atom. The molecule has 1 aromatic heterocycles. The second-order valence-electron chi connectivity index (χ2n) is 6.55. The number of hydroxylamine groups is 1. The lowest BCUT2D eigenvalue weighted by atomic mass is 9.93. The van der Waals surface area contributed by atoms with Crippen LogP contribution in [0.3, 0.4) is 0 Å². The Bertz CT molecular complexity index is 688. The summed E-state index contributed by atoms with van der Waals surface area (Å²) in [6, 6.07) is 11.9. The third kappa shape index (κ3) is 3.34. The highest BCUT2D eigenvalue weighted by atomic mass is 16.5. The Morgan fingerprint density at radius 2 is 1.92 bits per heavy atom. The van der Waals surface area contributed by atoms with E-state index in [9.17, 15) is 4.79 Å². The van der Waals surface area contributed by atoms with Crippen molar-refractivity contribution in [1.29, 1.82) is 0 Å². The molecule has 6 nitrogen and oxygen atoms in total. The van der Waals surface area contributed by atoms with E-state index in [-0.39, 0.29) is 0 Å². The minimum atomic E-state index is -0.544. The molecule has 24 heavy (non-hydrogen) atoms. The van der Waals surface area contributed by atoms with Gasteiger partial charge >= 0.3 is 0 Å². The van der Waals surface area contributed by atoms with E-state index in [1.165, 1.54) is 0 Å². The van der Waals surface area contributed by atoms with Gasteiger partial charge in [0.25, 0.3) is 5.91 Å². The molecule has 1 fully saturated rings. The van der Waals surface area contributed by atoms with E-state index in [1.54, 1.807) is 16.2 Å². The first-order valence-electron chi connectivity index (χ1n) is 8.44. The van der Waals surface area contributed by atoms with Gasteiger partial charge in [-0.15, -0.1) is 0 Å². The fourth-order valence-electron chi connectivity index (χ4n) is 3.30. The van der Waals surface area contributed by atoms with Crippen LogP contribution in [0.4, 0.5) is 0 Å². The number of hydrogen-bond acceptors (Lipinski definition) is 4. The van der Waals surface area contributed by atoms with Gasteiger partial charge in [0.1, 0.15) is 5.69 Å². The van der Waals surface area contributed by atoms with Gasteiger partial charge in [0.05, 0.1) is 11.4 Å². The highest BCUT2D eigenvalue weighted by Gasteiger charge is 2.26. The van der Waals surface area contributed by atoms with E-state index in [4.69, 9.17) is 5.21 Å². The Labute approximate surface area is 142 Å². The fraction of sp³-hybridized carbons (Fsp3) is 0.444. The zero-order valence-electron chi connectivity index (χ0n) is 14.1. The van der Waals surface area contributed by atoms with Gasteiger partial charge in [-0.1, -0.05) is 18.2 Å². The normalized spacial score (nSPS) is 16.5. The lowest BCUT2D eigenvalue weighted by Gasteiger charge is -2.33. The number of para-hydroxylation sites is 1. The highest BCUT2D eigenvalue weighted by Crippen LogP contribution is 2.29. The van der Waals surface area contributed by atoms with Gasteiger partial charge in [0, 0.05) is 12.0 Å². The van der Waals surface area contributed by atoms with E-state index in [1.807, 2.05) is 30.3 Å². The number of rotatable bonds is 4. The average Bonchev–Trinajstić information content (AvgIpc) is 3.07. The summed E-state index contributed by atoms with van der Waals surface area (Å²) in [7, 11) is 0. The molecule has 0 radical (unpaired) electrons. The largest absolute Gasteiger partial charge is 0.301 e. The summed E-state index contributed by atoms with van der Waals surface area (Å²) in [5, 5.41) is 13.7. The number of carbonyl (C=O) groups is 1. The van der Waals surface area contributed by atoms with E-state index >= 15 is 0 Å². The van der Waals surface area contributed by atoms with E-state index in [0.29, 0.717) is 17.7 Å². The molecule has 1 saturated heterocycles. The van der Waals surface area contributed by atoms with E-state index < -0.39 is 5.91 Å². The minimum absolute atomic E-state index is 0.343. The summed E-state index contributed by atoms with van der Waals surface area (Å²) >= 11 is 0. The van der Waals surface area contributed by atoms with Crippen LogP contribution in [0, 0.1) is 0 Å². The maximum atomic E-state index is 12.0. The van der Waals surface area contributed by atoms with Gasteiger partial charge < -0.3 is 4.90 Å². The first-order valence-corrected chi connectivity index (χ1v) is 8.44. The molecule has 3 rings (SSSR count). The summed E-state index contributed by atoms with van der Waals surface area (Å²) in [5.74, 6) is -0.201. The number of carbonyl (C=O) groups excluding carboxylic acids is 1. The monoisotopic (exact) mass is 328 g/mol. The second-order valence-corrected chi connectivity index (χ2v) is 6.55. The number of aromatic nitrogens is 2. The van der Waals surface area contributed by atoms with Crippen LogP contribution in [0.25, 0.3) is 5.69 Å². The molecule has 1 aliphatic heterocycles. The lowest BCUT2D eigenvalue weighted by molar-refractivity contribution is 0.0697. The zero-order chi connectivity index (χ0) is 17.1. The molecule has 2 N–H and O–H groups in total. The van der Waals surface area contributed by atoms with E-state index in [2.05, 4.69) is 23.8 Å². The quantitative estimate of drug-likeness (QED) is 0.668. The Balaban J connectivity index is 1.88. The van der Waals surface area contributed by atoms with Crippen LogP contribution in [0.1, 0.15) is 48.8 Å². The molecule has 0 unspecified atom stereocenters. The van der Waals surface area contributed by atoms with Crippen molar-refractivity contribution in [1.82, 2.24) is 20.2 Å². The first kappa shape index (κ1) is 16.7. The third-order valence-corrected chi connectivity index (χ3v) is 4.74. The van der Waals surface area contributed by atoms with Crippen LogP contribution >= 0.6 is 0 Å². The van der Waals surface area contributed by atoms with Gasteiger partial charge in [-0.25, -0.2) is 10.2 Å². The van der Waals surface area contributed by atoms with Crippen molar-refractivity contribution in [3.05, 3.63) is 47.8 Å². The maximum Gasteiger partial charge on any atom is 0.293 e. The topological polar surface area (TPSA) is 70.4 Å². The van der Waals surface area contributed by atoms with Crippen LogP contribution < -0.4 is 5.48 Å².